The molecule has 19 heavy (non-hydrogen) atoms. The Bertz CT molecular complexity index is 458. The predicted octanol–water partition coefficient (Wildman–Crippen LogP) is 1.43. The summed E-state index contributed by atoms with van der Waals surface area (Å²) in [7, 11) is 1.70. The molecule has 1 heterocycles. The Balaban J connectivity index is 2.09. The molecule has 0 aromatic carbocycles. The molecule has 0 spiro atoms. The number of hydrogen-bond donors (Lipinski definition) is 2. The van der Waals surface area contributed by atoms with Gasteiger partial charge in [-0.05, 0) is 25.8 Å². The van der Waals surface area contributed by atoms with Gasteiger partial charge < -0.3 is 20.5 Å². The van der Waals surface area contributed by atoms with Gasteiger partial charge in [0.05, 0.1) is 24.6 Å². The molecule has 1 aromatic heterocycles. The largest absolute Gasteiger partial charge is 0.462 e. The van der Waals surface area contributed by atoms with Gasteiger partial charge in [0.15, 0.2) is 0 Å². The summed E-state index contributed by atoms with van der Waals surface area (Å²) in [4.78, 5) is 16.0. The second-order valence-electron chi connectivity index (χ2n) is 4.56. The van der Waals surface area contributed by atoms with Gasteiger partial charge >= 0.3 is 5.97 Å². The lowest BCUT2D eigenvalue weighted by Crippen LogP contribution is -2.40. The summed E-state index contributed by atoms with van der Waals surface area (Å²) >= 11 is 0. The van der Waals surface area contributed by atoms with Crippen LogP contribution >= 0.6 is 0 Å². The first-order chi connectivity index (χ1) is 9.13. The summed E-state index contributed by atoms with van der Waals surface area (Å²) in [5.74, 6) is 0.111. The number of nitrogens with two attached hydrogens (primary N) is 1. The fourth-order valence-corrected chi connectivity index (χ4v) is 2.03. The molecule has 6 heteroatoms. The normalized spacial score (nSPS) is 21.6. The van der Waals surface area contributed by atoms with Gasteiger partial charge in [-0.1, -0.05) is 0 Å². The highest BCUT2D eigenvalue weighted by molar-refractivity contribution is 5.95. The van der Waals surface area contributed by atoms with Crippen LogP contribution in [0.4, 0.5) is 11.5 Å². The monoisotopic (exact) mass is 265 g/mol. The molecule has 6 nitrogen and oxygen atoms in total. The van der Waals surface area contributed by atoms with Crippen LogP contribution in [0.15, 0.2) is 12.3 Å². The van der Waals surface area contributed by atoms with Crippen molar-refractivity contribution in [1.29, 1.82) is 0 Å². The maximum atomic E-state index is 11.8. The van der Waals surface area contributed by atoms with Crippen LogP contribution in [0.3, 0.4) is 0 Å². The highest BCUT2D eigenvalue weighted by Gasteiger charge is 2.30. The molecule has 2 rings (SSSR count). The van der Waals surface area contributed by atoms with Gasteiger partial charge in [-0.2, -0.15) is 0 Å². The Kier molecular flexibility index (Phi) is 4.21. The lowest BCUT2D eigenvalue weighted by Gasteiger charge is -2.35. The van der Waals surface area contributed by atoms with Crippen LogP contribution in [0.2, 0.25) is 0 Å². The van der Waals surface area contributed by atoms with Gasteiger partial charge in [0.2, 0.25) is 0 Å². The summed E-state index contributed by atoms with van der Waals surface area (Å²) in [6.45, 7) is 2.09. The molecule has 0 amide bonds. The second kappa shape index (κ2) is 5.88. The van der Waals surface area contributed by atoms with E-state index in [2.05, 4.69) is 10.3 Å². The maximum Gasteiger partial charge on any atom is 0.341 e. The number of anilines is 2. The van der Waals surface area contributed by atoms with Crippen LogP contribution in [-0.4, -0.2) is 36.8 Å². The SMILES string of the molecule is CCOC(=O)c1cc(N)cnc1NC1CC(OC)C1. The maximum absolute atomic E-state index is 11.8. The van der Waals surface area contributed by atoms with Crippen LogP contribution in [-0.2, 0) is 9.47 Å². The van der Waals surface area contributed by atoms with Gasteiger partial charge in [-0.3, -0.25) is 0 Å². The molecule has 0 aliphatic heterocycles. The van der Waals surface area contributed by atoms with E-state index in [9.17, 15) is 4.79 Å². The molecular formula is C13H19N3O3. The van der Waals surface area contributed by atoms with Crippen molar-refractivity contribution in [3.05, 3.63) is 17.8 Å². The van der Waals surface area contributed by atoms with Gasteiger partial charge in [-0.15, -0.1) is 0 Å². The summed E-state index contributed by atoms with van der Waals surface area (Å²) in [6, 6.07) is 1.86. The first-order valence-electron chi connectivity index (χ1n) is 6.36. The standard InChI is InChI=1S/C13H19N3O3/c1-3-19-13(17)11-4-8(14)7-15-12(11)16-9-5-10(6-9)18-2/h4,7,9-10H,3,5-6,14H2,1-2H3,(H,15,16). The highest BCUT2D eigenvalue weighted by Crippen LogP contribution is 2.27. The second-order valence-corrected chi connectivity index (χ2v) is 4.56. The Labute approximate surface area is 112 Å². The van der Waals surface area contributed by atoms with E-state index in [1.54, 1.807) is 20.1 Å². The quantitative estimate of drug-likeness (QED) is 0.783. The summed E-state index contributed by atoms with van der Waals surface area (Å²) in [5.41, 5.74) is 6.48. The van der Waals surface area contributed by atoms with Crippen molar-refractivity contribution in [1.82, 2.24) is 4.98 Å². The molecule has 1 aliphatic rings. The first-order valence-corrected chi connectivity index (χ1v) is 6.36. The van der Waals surface area contributed by atoms with Gasteiger partial charge in [-0.25, -0.2) is 9.78 Å². The van der Waals surface area contributed by atoms with E-state index in [4.69, 9.17) is 15.2 Å². The third-order valence-corrected chi connectivity index (χ3v) is 3.17. The van der Waals surface area contributed by atoms with E-state index in [0.29, 0.717) is 23.7 Å². The zero-order chi connectivity index (χ0) is 13.8. The average molecular weight is 265 g/mol. The van der Waals surface area contributed by atoms with Crippen LogP contribution in [0.1, 0.15) is 30.1 Å². The predicted molar refractivity (Wildman–Crippen MR) is 72.0 cm³/mol. The van der Waals surface area contributed by atoms with Crippen molar-refractivity contribution in [2.45, 2.75) is 31.9 Å². The topological polar surface area (TPSA) is 86.5 Å². The van der Waals surface area contributed by atoms with Crippen molar-refractivity contribution in [3.63, 3.8) is 0 Å². The lowest BCUT2D eigenvalue weighted by atomic mass is 9.89. The number of aromatic nitrogens is 1. The number of pyridine rings is 1. The van der Waals surface area contributed by atoms with Crippen LogP contribution < -0.4 is 11.1 Å². The molecule has 0 unspecified atom stereocenters. The third-order valence-electron chi connectivity index (χ3n) is 3.17. The molecule has 0 bridgehead atoms. The van der Waals surface area contributed by atoms with Crippen LogP contribution in [0.5, 0.6) is 0 Å². The van der Waals surface area contributed by atoms with E-state index in [-0.39, 0.29) is 12.1 Å². The number of methoxy groups -OCH3 is 1. The molecule has 3 N–H and O–H groups in total. The van der Waals surface area contributed by atoms with Crippen LogP contribution in [0, 0.1) is 0 Å². The smallest absolute Gasteiger partial charge is 0.341 e. The summed E-state index contributed by atoms with van der Waals surface area (Å²) < 4.78 is 10.2. The molecule has 0 saturated heterocycles. The minimum absolute atomic E-state index is 0.272. The van der Waals surface area contributed by atoms with E-state index in [1.807, 2.05) is 0 Å². The highest BCUT2D eigenvalue weighted by atomic mass is 16.5. The number of rotatable bonds is 5. The molecule has 1 saturated carbocycles. The Hall–Kier alpha value is -1.82. The number of nitrogen functional groups attached to an aromatic ring is 1. The number of ether oxygens (including phenoxy) is 2. The summed E-state index contributed by atoms with van der Waals surface area (Å²) in [5, 5.41) is 3.23. The van der Waals surface area contributed by atoms with Crippen molar-refractivity contribution in [2.75, 3.05) is 24.8 Å². The number of esters is 1. The lowest BCUT2D eigenvalue weighted by molar-refractivity contribution is 0.0327. The first kappa shape index (κ1) is 13.6. The van der Waals surface area contributed by atoms with Gasteiger partial charge in [0.1, 0.15) is 11.4 Å². The number of hydrogen-bond acceptors (Lipinski definition) is 6. The molecule has 1 aliphatic carbocycles. The molecule has 0 radical (unpaired) electrons. The molecule has 1 aromatic rings. The summed E-state index contributed by atoms with van der Waals surface area (Å²) in [6.07, 6.45) is 3.63. The van der Waals surface area contributed by atoms with E-state index < -0.39 is 5.97 Å². The van der Waals surface area contributed by atoms with Crippen molar-refractivity contribution < 1.29 is 14.3 Å². The number of nitrogens with one attached hydrogen (secondary N) is 1. The zero-order valence-electron chi connectivity index (χ0n) is 11.2. The van der Waals surface area contributed by atoms with Crippen molar-refractivity contribution in [3.8, 4) is 0 Å². The van der Waals surface area contributed by atoms with Gasteiger partial charge in [0.25, 0.3) is 0 Å². The Morgan fingerprint density at radius 1 is 1.58 bits per heavy atom. The number of nitrogens with zero attached hydrogens (tertiary/aromatic N) is 1. The van der Waals surface area contributed by atoms with E-state index >= 15 is 0 Å². The van der Waals surface area contributed by atoms with Crippen LogP contribution in [0.25, 0.3) is 0 Å². The molecule has 104 valence electrons. The zero-order valence-corrected chi connectivity index (χ0v) is 11.2. The molecule has 1 fully saturated rings. The number of carbonyl (C=O) groups excluding carboxylic acids is 1. The minimum Gasteiger partial charge on any atom is -0.462 e. The Morgan fingerprint density at radius 2 is 2.32 bits per heavy atom. The van der Waals surface area contributed by atoms with E-state index in [1.165, 1.54) is 6.20 Å². The fraction of sp³-hybridized carbons (Fsp3) is 0.538. The number of carbonyl (C=O) groups is 1. The van der Waals surface area contributed by atoms with Crippen molar-refractivity contribution in [2.24, 2.45) is 0 Å². The third kappa shape index (κ3) is 3.14. The van der Waals surface area contributed by atoms with E-state index in [0.717, 1.165) is 12.8 Å². The Morgan fingerprint density at radius 3 is 2.95 bits per heavy atom. The van der Waals surface area contributed by atoms with Crippen molar-refractivity contribution >= 4 is 17.5 Å². The molecular weight excluding hydrogens is 246 g/mol. The fourth-order valence-electron chi connectivity index (χ4n) is 2.03. The molecule has 0 atom stereocenters. The average Bonchev–Trinajstić information content (AvgIpc) is 2.35. The minimum atomic E-state index is -0.410. The van der Waals surface area contributed by atoms with Gasteiger partial charge in [0, 0.05) is 13.2 Å².